The van der Waals surface area contributed by atoms with Gasteiger partial charge in [0, 0.05) is 44.3 Å². The van der Waals surface area contributed by atoms with Gasteiger partial charge in [-0.05, 0) is 31.9 Å². The second-order valence-corrected chi connectivity index (χ2v) is 6.85. The molecule has 2 fully saturated rings. The van der Waals surface area contributed by atoms with Crippen LogP contribution in [-0.4, -0.2) is 60.2 Å². The molecule has 1 aromatic rings. The third-order valence-electron chi connectivity index (χ3n) is 4.86. The number of pyridine rings is 1. The number of ether oxygens (including phenoxy) is 1. The molecular formula is C18H26ClN5O2. The number of rotatable bonds is 5. The van der Waals surface area contributed by atoms with E-state index in [4.69, 9.17) is 15.7 Å². The molecule has 0 aromatic carbocycles. The summed E-state index contributed by atoms with van der Waals surface area (Å²) in [6.45, 7) is 4.79. The van der Waals surface area contributed by atoms with E-state index in [1.54, 1.807) is 12.3 Å². The maximum atomic E-state index is 12.5. The van der Waals surface area contributed by atoms with Gasteiger partial charge in [-0.3, -0.25) is 4.79 Å². The summed E-state index contributed by atoms with van der Waals surface area (Å²) in [5, 5.41) is 8.85. The predicted octanol–water partition coefficient (Wildman–Crippen LogP) is 1.31. The first-order chi connectivity index (χ1) is 12.1. The van der Waals surface area contributed by atoms with Gasteiger partial charge in [0.25, 0.3) is 5.91 Å². The van der Waals surface area contributed by atoms with Gasteiger partial charge in [0.1, 0.15) is 18.0 Å². The van der Waals surface area contributed by atoms with Gasteiger partial charge in [-0.2, -0.15) is 5.26 Å². The van der Waals surface area contributed by atoms with Crippen LogP contribution >= 0.6 is 12.4 Å². The highest BCUT2D eigenvalue weighted by Gasteiger charge is 2.37. The van der Waals surface area contributed by atoms with Gasteiger partial charge in [0.15, 0.2) is 0 Å². The number of carbonyl (C=O) groups is 1. The SMILES string of the molecule is C[C@H](N)COC1CCN(C2CCN(c3ccc(C#N)cn3)CC2)C1=O.Cl. The van der Waals surface area contributed by atoms with E-state index < -0.39 is 0 Å². The van der Waals surface area contributed by atoms with Crippen LogP contribution in [-0.2, 0) is 9.53 Å². The van der Waals surface area contributed by atoms with Crippen LogP contribution in [0.2, 0.25) is 0 Å². The van der Waals surface area contributed by atoms with Crippen LogP contribution in [0.5, 0.6) is 0 Å². The van der Waals surface area contributed by atoms with E-state index in [9.17, 15) is 4.79 Å². The number of halogens is 1. The van der Waals surface area contributed by atoms with Crippen LogP contribution in [0.1, 0.15) is 31.7 Å². The Kier molecular flexibility index (Phi) is 7.21. The quantitative estimate of drug-likeness (QED) is 0.828. The summed E-state index contributed by atoms with van der Waals surface area (Å²) in [6, 6.07) is 5.98. The van der Waals surface area contributed by atoms with Gasteiger partial charge in [0.05, 0.1) is 12.2 Å². The number of nitrogens with two attached hydrogens (primary N) is 1. The normalized spacial score (nSPS) is 22.0. The zero-order chi connectivity index (χ0) is 17.8. The van der Waals surface area contributed by atoms with E-state index in [0.717, 1.165) is 44.7 Å². The Balaban J connectivity index is 0.00000243. The van der Waals surface area contributed by atoms with E-state index in [1.165, 1.54) is 0 Å². The molecule has 2 aliphatic heterocycles. The van der Waals surface area contributed by atoms with Crippen molar-refractivity contribution in [3.63, 3.8) is 0 Å². The summed E-state index contributed by atoms with van der Waals surface area (Å²) in [7, 11) is 0. The number of hydrogen-bond donors (Lipinski definition) is 1. The molecule has 0 aliphatic carbocycles. The Morgan fingerprint density at radius 3 is 2.65 bits per heavy atom. The Morgan fingerprint density at radius 1 is 1.35 bits per heavy atom. The van der Waals surface area contributed by atoms with Crippen molar-refractivity contribution in [1.29, 1.82) is 5.26 Å². The van der Waals surface area contributed by atoms with Crippen LogP contribution in [0, 0.1) is 11.3 Å². The number of piperidine rings is 1. The van der Waals surface area contributed by atoms with E-state index in [-0.39, 0.29) is 36.5 Å². The Labute approximate surface area is 160 Å². The minimum atomic E-state index is -0.329. The zero-order valence-electron chi connectivity index (χ0n) is 15.0. The van der Waals surface area contributed by atoms with Crippen molar-refractivity contribution in [3.8, 4) is 6.07 Å². The summed E-state index contributed by atoms with van der Waals surface area (Å²) in [5.41, 5.74) is 6.27. The molecule has 142 valence electrons. The molecule has 26 heavy (non-hydrogen) atoms. The fraction of sp³-hybridized carbons (Fsp3) is 0.611. The lowest BCUT2D eigenvalue weighted by Gasteiger charge is -2.37. The van der Waals surface area contributed by atoms with Crippen molar-refractivity contribution in [1.82, 2.24) is 9.88 Å². The molecule has 0 radical (unpaired) electrons. The van der Waals surface area contributed by atoms with E-state index in [0.29, 0.717) is 12.2 Å². The van der Waals surface area contributed by atoms with E-state index in [2.05, 4.69) is 16.0 Å². The maximum absolute atomic E-state index is 12.5. The van der Waals surface area contributed by atoms with E-state index >= 15 is 0 Å². The fourth-order valence-electron chi connectivity index (χ4n) is 3.51. The zero-order valence-corrected chi connectivity index (χ0v) is 15.8. The average molecular weight is 380 g/mol. The number of amides is 1. The van der Waals surface area contributed by atoms with Gasteiger partial charge >= 0.3 is 0 Å². The van der Waals surface area contributed by atoms with Crippen LogP contribution < -0.4 is 10.6 Å². The lowest BCUT2D eigenvalue weighted by Crippen LogP contribution is -2.47. The summed E-state index contributed by atoms with van der Waals surface area (Å²) in [6.07, 6.45) is 3.87. The highest BCUT2D eigenvalue weighted by atomic mass is 35.5. The number of nitriles is 1. The number of likely N-dealkylation sites (tertiary alicyclic amines) is 1. The molecule has 1 aromatic heterocycles. The average Bonchev–Trinajstić information content (AvgIpc) is 3.01. The Hall–Kier alpha value is -1.88. The minimum absolute atomic E-state index is 0. The van der Waals surface area contributed by atoms with Crippen molar-refractivity contribution in [2.75, 3.05) is 31.1 Å². The lowest BCUT2D eigenvalue weighted by molar-refractivity contribution is -0.139. The smallest absolute Gasteiger partial charge is 0.252 e. The molecule has 1 amide bonds. The molecular weight excluding hydrogens is 354 g/mol. The number of nitrogens with zero attached hydrogens (tertiary/aromatic N) is 4. The summed E-state index contributed by atoms with van der Waals surface area (Å²) >= 11 is 0. The Morgan fingerprint density at radius 2 is 2.08 bits per heavy atom. The van der Waals surface area contributed by atoms with Crippen LogP contribution in [0.3, 0.4) is 0 Å². The molecule has 2 atom stereocenters. The van der Waals surface area contributed by atoms with Gasteiger partial charge in [-0.15, -0.1) is 12.4 Å². The van der Waals surface area contributed by atoms with Crippen LogP contribution in [0.15, 0.2) is 18.3 Å². The molecule has 3 rings (SSSR count). The van der Waals surface area contributed by atoms with Crippen molar-refractivity contribution in [3.05, 3.63) is 23.9 Å². The van der Waals surface area contributed by atoms with Crippen molar-refractivity contribution in [2.24, 2.45) is 5.73 Å². The predicted molar refractivity (Wildman–Crippen MR) is 101 cm³/mol. The van der Waals surface area contributed by atoms with Crippen molar-refractivity contribution < 1.29 is 9.53 Å². The van der Waals surface area contributed by atoms with Gasteiger partial charge in [-0.1, -0.05) is 0 Å². The highest BCUT2D eigenvalue weighted by Crippen LogP contribution is 2.26. The lowest BCUT2D eigenvalue weighted by atomic mass is 10.0. The Bertz CT molecular complexity index is 638. The third-order valence-corrected chi connectivity index (χ3v) is 4.86. The van der Waals surface area contributed by atoms with Crippen molar-refractivity contribution in [2.45, 2.75) is 44.4 Å². The van der Waals surface area contributed by atoms with Crippen molar-refractivity contribution >= 4 is 24.1 Å². The fourth-order valence-corrected chi connectivity index (χ4v) is 3.51. The van der Waals surface area contributed by atoms with Gasteiger partial charge in [-0.25, -0.2) is 4.98 Å². The molecule has 0 spiro atoms. The van der Waals surface area contributed by atoms with Gasteiger partial charge < -0.3 is 20.3 Å². The monoisotopic (exact) mass is 379 g/mol. The first-order valence-electron chi connectivity index (χ1n) is 8.87. The molecule has 0 saturated carbocycles. The molecule has 8 heteroatoms. The number of hydrogen-bond acceptors (Lipinski definition) is 6. The third kappa shape index (κ3) is 4.64. The molecule has 2 N–H and O–H groups in total. The highest BCUT2D eigenvalue weighted by molar-refractivity contribution is 5.85. The number of anilines is 1. The van der Waals surface area contributed by atoms with Crippen LogP contribution in [0.25, 0.3) is 0 Å². The van der Waals surface area contributed by atoms with E-state index in [1.807, 2.05) is 17.9 Å². The second-order valence-electron chi connectivity index (χ2n) is 6.85. The largest absolute Gasteiger partial charge is 0.367 e. The number of aromatic nitrogens is 1. The molecule has 2 aliphatic rings. The standard InChI is InChI=1S/C18H25N5O2.ClH/c1-13(20)12-25-16-6-9-23(18(16)24)15-4-7-22(8-5-15)17-3-2-14(10-19)11-21-17;/h2-3,11,13,15-16H,4-9,12,20H2,1H3;1H/t13-,16?;/m0./s1. The molecule has 7 nitrogen and oxygen atoms in total. The topological polar surface area (TPSA) is 95.5 Å². The minimum Gasteiger partial charge on any atom is -0.367 e. The summed E-state index contributed by atoms with van der Waals surface area (Å²) in [5.74, 6) is 0.999. The summed E-state index contributed by atoms with van der Waals surface area (Å²) in [4.78, 5) is 21.1. The molecule has 0 bridgehead atoms. The maximum Gasteiger partial charge on any atom is 0.252 e. The second kappa shape index (κ2) is 9.17. The van der Waals surface area contributed by atoms with Crippen LogP contribution in [0.4, 0.5) is 5.82 Å². The molecule has 1 unspecified atom stereocenters. The van der Waals surface area contributed by atoms with Gasteiger partial charge in [0.2, 0.25) is 0 Å². The number of carbonyl (C=O) groups excluding carboxylic acids is 1. The molecule has 2 saturated heterocycles. The first-order valence-corrected chi connectivity index (χ1v) is 8.87. The first kappa shape index (κ1) is 20.4. The summed E-state index contributed by atoms with van der Waals surface area (Å²) < 4.78 is 5.65. The molecule has 3 heterocycles.